The molecule has 28 heavy (non-hydrogen) atoms. The molecule has 0 aliphatic rings. The van der Waals surface area contributed by atoms with Crippen LogP contribution in [0.25, 0.3) is 0 Å². The van der Waals surface area contributed by atoms with E-state index in [0.717, 1.165) is 0 Å². The summed E-state index contributed by atoms with van der Waals surface area (Å²) in [4.78, 5) is 12.6. The van der Waals surface area contributed by atoms with Crippen molar-refractivity contribution in [1.29, 1.82) is 0 Å². The van der Waals surface area contributed by atoms with Crippen LogP contribution in [0.3, 0.4) is 0 Å². The first-order valence-corrected chi connectivity index (χ1v) is 10.2. The van der Waals surface area contributed by atoms with Gasteiger partial charge in [0.15, 0.2) is 11.6 Å². The van der Waals surface area contributed by atoms with Gasteiger partial charge < -0.3 is 10.1 Å². The number of hydrogen-bond donors (Lipinski definition) is 1. The average Bonchev–Trinajstić information content (AvgIpc) is 2.67. The van der Waals surface area contributed by atoms with Crippen molar-refractivity contribution in [2.24, 2.45) is 0 Å². The van der Waals surface area contributed by atoms with Gasteiger partial charge in [0.25, 0.3) is 5.91 Å². The Balaban J connectivity index is 2.14. The second kappa shape index (κ2) is 8.70. The van der Waals surface area contributed by atoms with Crippen molar-refractivity contribution in [1.82, 2.24) is 9.62 Å². The molecule has 1 amide bonds. The Morgan fingerprint density at radius 3 is 2.21 bits per heavy atom. The molecule has 6 nitrogen and oxygen atoms in total. The fourth-order valence-corrected chi connectivity index (χ4v) is 3.91. The number of halogens is 1. The number of ether oxygens (including phenoxy) is 1. The highest BCUT2D eigenvalue weighted by atomic mass is 32.2. The van der Waals surface area contributed by atoms with E-state index in [0.29, 0.717) is 11.1 Å². The molecule has 0 saturated heterocycles. The van der Waals surface area contributed by atoms with Crippen molar-refractivity contribution in [2.75, 3.05) is 14.2 Å². The van der Waals surface area contributed by atoms with Gasteiger partial charge in [-0.05, 0) is 62.7 Å². The minimum absolute atomic E-state index is 0.116. The number of methoxy groups -OCH3 is 1. The van der Waals surface area contributed by atoms with Crippen LogP contribution in [0, 0.1) is 5.82 Å². The highest BCUT2D eigenvalue weighted by molar-refractivity contribution is 7.89. The molecule has 0 heterocycles. The molecular weight excluding hydrogens is 383 g/mol. The molecule has 0 radical (unpaired) electrons. The maximum Gasteiger partial charge on any atom is 0.251 e. The largest absolute Gasteiger partial charge is 0.494 e. The summed E-state index contributed by atoms with van der Waals surface area (Å²) in [6.07, 6.45) is 0. The smallest absolute Gasteiger partial charge is 0.251 e. The molecule has 0 bridgehead atoms. The van der Waals surface area contributed by atoms with Gasteiger partial charge in [-0.15, -0.1) is 0 Å². The highest BCUT2D eigenvalue weighted by Crippen LogP contribution is 2.22. The summed E-state index contributed by atoms with van der Waals surface area (Å²) in [6, 6.07) is 9.57. The van der Waals surface area contributed by atoms with E-state index in [1.165, 1.54) is 54.9 Å². The number of benzene rings is 2. The molecule has 152 valence electrons. The molecule has 1 N–H and O–H groups in total. The standard InChI is InChI=1S/C20H25FN2O4S/c1-13(2)23(4)28(25,26)17-9-6-15(7-10-17)20(24)22-14(3)16-8-11-19(27-5)18(21)12-16/h6-14H,1-5H3,(H,22,24). The summed E-state index contributed by atoms with van der Waals surface area (Å²) >= 11 is 0. The quantitative estimate of drug-likeness (QED) is 0.762. The second-order valence-electron chi connectivity index (χ2n) is 6.73. The predicted octanol–water partition coefficient (Wildman–Crippen LogP) is 3.35. The summed E-state index contributed by atoms with van der Waals surface area (Å²) in [5.74, 6) is -0.764. The molecule has 1 atom stereocenters. The summed E-state index contributed by atoms with van der Waals surface area (Å²) in [5.41, 5.74) is 0.899. The molecule has 1 unspecified atom stereocenters. The number of nitrogens with one attached hydrogen (secondary N) is 1. The monoisotopic (exact) mass is 408 g/mol. The maximum atomic E-state index is 13.9. The van der Waals surface area contributed by atoms with Gasteiger partial charge in [-0.1, -0.05) is 6.07 Å². The van der Waals surface area contributed by atoms with E-state index in [-0.39, 0.29) is 22.6 Å². The Labute approximate surface area is 165 Å². The van der Waals surface area contributed by atoms with Crippen molar-refractivity contribution >= 4 is 15.9 Å². The van der Waals surface area contributed by atoms with Gasteiger partial charge in [0.1, 0.15) is 0 Å². The molecule has 0 fully saturated rings. The van der Waals surface area contributed by atoms with Crippen LogP contribution in [0.1, 0.15) is 42.7 Å². The van der Waals surface area contributed by atoms with Gasteiger partial charge >= 0.3 is 0 Å². The molecule has 0 aliphatic heterocycles. The first-order valence-electron chi connectivity index (χ1n) is 8.80. The van der Waals surface area contributed by atoms with Crippen LogP contribution in [-0.4, -0.2) is 38.8 Å². The average molecular weight is 408 g/mol. The van der Waals surface area contributed by atoms with Crippen molar-refractivity contribution in [3.8, 4) is 5.75 Å². The Hall–Kier alpha value is -2.45. The van der Waals surface area contributed by atoms with E-state index in [9.17, 15) is 17.6 Å². The minimum atomic E-state index is -3.61. The third-order valence-corrected chi connectivity index (χ3v) is 6.59. The molecular formula is C20H25FN2O4S. The van der Waals surface area contributed by atoms with Gasteiger partial charge in [-0.2, -0.15) is 4.31 Å². The zero-order valence-corrected chi connectivity index (χ0v) is 17.4. The van der Waals surface area contributed by atoms with Crippen LogP contribution >= 0.6 is 0 Å². The molecule has 0 spiro atoms. The van der Waals surface area contributed by atoms with Crippen molar-refractivity contribution in [3.63, 3.8) is 0 Å². The number of hydrogen-bond acceptors (Lipinski definition) is 4. The second-order valence-corrected chi connectivity index (χ2v) is 8.73. The van der Waals surface area contributed by atoms with Crippen LogP contribution < -0.4 is 10.1 Å². The molecule has 2 aromatic carbocycles. The number of nitrogens with zero attached hydrogens (tertiary/aromatic N) is 1. The first-order chi connectivity index (χ1) is 13.1. The van der Waals surface area contributed by atoms with Crippen LogP contribution in [0.15, 0.2) is 47.4 Å². The van der Waals surface area contributed by atoms with Gasteiger partial charge in [0.2, 0.25) is 10.0 Å². The van der Waals surface area contributed by atoms with Crippen molar-refractivity contribution in [3.05, 3.63) is 59.4 Å². The number of sulfonamides is 1. The van der Waals surface area contributed by atoms with Crippen LogP contribution in [0.5, 0.6) is 5.75 Å². The SMILES string of the molecule is COc1ccc(C(C)NC(=O)c2ccc(S(=O)(=O)N(C)C(C)C)cc2)cc1F. The number of amides is 1. The van der Waals surface area contributed by atoms with E-state index in [1.807, 2.05) is 0 Å². The third-order valence-electron chi connectivity index (χ3n) is 4.54. The summed E-state index contributed by atoms with van der Waals surface area (Å²) in [5, 5.41) is 2.77. The lowest BCUT2D eigenvalue weighted by molar-refractivity contribution is 0.0939. The molecule has 0 aliphatic carbocycles. The number of carbonyl (C=O) groups excluding carboxylic acids is 1. The molecule has 0 saturated carbocycles. The molecule has 8 heteroatoms. The van der Waals surface area contributed by atoms with Crippen LogP contribution in [0.4, 0.5) is 4.39 Å². The van der Waals surface area contributed by atoms with Gasteiger partial charge in [-0.25, -0.2) is 12.8 Å². The summed E-state index contributed by atoms with van der Waals surface area (Å²) in [6.45, 7) is 5.29. The topological polar surface area (TPSA) is 75.7 Å². The van der Waals surface area contributed by atoms with E-state index >= 15 is 0 Å². The Kier molecular flexibility index (Phi) is 6.79. The van der Waals surface area contributed by atoms with Crippen LogP contribution in [0.2, 0.25) is 0 Å². The van der Waals surface area contributed by atoms with E-state index < -0.39 is 21.9 Å². The first kappa shape index (κ1) is 21.8. The lowest BCUT2D eigenvalue weighted by Crippen LogP contribution is -2.33. The third kappa shape index (κ3) is 4.69. The van der Waals surface area contributed by atoms with E-state index in [2.05, 4.69) is 5.32 Å². The zero-order valence-electron chi connectivity index (χ0n) is 16.6. The minimum Gasteiger partial charge on any atom is -0.494 e. The Morgan fingerprint density at radius 2 is 1.71 bits per heavy atom. The summed E-state index contributed by atoms with van der Waals surface area (Å²) in [7, 11) is -0.719. The highest BCUT2D eigenvalue weighted by Gasteiger charge is 2.23. The molecule has 0 aromatic heterocycles. The Morgan fingerprint density at radius 1 is 1.11 bits per heavy atom. The fourth-order valence-electron chi connectivity index (χ4n) is 2.54. The van der Waals surface area contributed by atoms with E-state index in [1.54, 1.807) is 26.8 Å². The normalized spacial score (nSPS) is 12.9. The lowest BCUT2D eigenvalue weighted by atomic mass is 10.1. The summed E-state index contributed by atoms with van der Waals surface area (Å²) < 4.78 is 45.0. The molecule has 2 aromatic rings. The number of carbonyl (C=O) groups is 1. The van der Waals surface area contributed by atoms with E-state index in [4.69, 9.17) is 4.74 Å². The van der Waals surface area contributed by atoms with Crippen molar-refractivity contribution in [2.45, 2.75) is 37.8 Å². The van der Waals surface area contributed by atoms with Gasteiger partial charge in [0, 0.05) is 18.7 Å². The fraction of sp³-hybridized carbons (Fsp3) is 0.350. The number of rotatable bonds is 7. The Bertz CT molecular complexity index is 943. The molecule has 2 rings (SSSR count). The van der Waals surface area contributed by atoms with Gasteiger partial charge in [-0.3, -0.25) is 4.79 Å². The van der Waals surface area contributed by atoms with Crippen molar-refractivity contribution < 1.29 is 22.3 Å². The lowest BCUT2D eigenvalue weighted by Gasteiger charge is -2.21. The predicted molar refractivity (Wildman–Crippen MR) is 105 cm³/mol. The zero-order chi connectivity index (χ0) is 21.1. The maximum absolute atomic E-state index is 13.9. The van der Waals surface area contributed by atoms with Crippen LogP contribution in [-0.2, 0) is 10.0 Å². The van der Waals surface area contributed by atoms with Gasteiger partial charge in [0.05, 0.1) is 18.0 Å².